The van der Waals surface area contributed by atoms with Crippen LogP contribution in [0.5, 0.6) is 5.75 Å². The van der Waals surface area contributed by atoms with Crippen molar-refractivity contribution in [3.63, 3.8) is 0 Å². The molecule has 0 spiro atoms. The molecule has 2 saturated heterocycles. The van der Waals surface area contributed by atoms with Gasteiger partial charge in [-0.25, -0.2) is 4.79 Å². The lowest BCUT2D eigenvalue weighted by atomic mass is 10.1. The van der Waals surface area contributed by atoms with E-state index in [1.807, 2.05) is 16.7 Å². The summed E-state index contributed by atoms with van der Waals surface area (Å²) in [7, 11) is 0. The highest BCUT2D eigenvalue weighted by molar-refractivity contribution is 6.07. The van der Waals surface area contributed by atoms with Gasteiger partial charge in [0.2, 0.25) is 29.5 Å². The molecule has 1 aromatic carbocycles. The standard InChI is InChI=1S/C58H90N12O15/c1-3-5-6-15-50(71)61-20-10-8-14-48(58(80)81)66-57(79)47(13-7-9-21-62-52(73)40-68-27-25-67(4-2)26-28-69(30-29-68)41-55(76)77)65-51(72)19-31-82-33-35-84-36-34-83-32-23-63-53(74)42-85-44-16-17-45-46(18-22-60-49(45)37-44)56(78)64-39-54(75)70-24-11-12-43(70)38-59/h16-18,22,37,43,47-48H,3-15,19-21,23-36,39-42H2,1-2H3,(H,61,71)(H,62,73)(H,63,74)(H,64,78)(H,65,72)(H,66,79)(H,76,77)(H,80,81). The maximum Gasteiger partial charge on any atom is 0.326 e. The van der Waals surface area contributed by atoms with Crippen LogP contribution in [0.25, 0.3) is 10.9 Å². The van der Waals surface area contributed by atoms with Crippen LogP contribution in [0.3, 0.4) is 0 Å². The number of hydrogen-bond acceptors (Lipinski definition) is 18. The van der Waals surface area contributed by atoms with E-state index < -0.39 is 47.8 Å². The molecule has 0 bridgehead atoms. The van der Waals surface area contributed by atoms with Crippen LogP contribution >= 0.6 is 0 Å². The van der Waals surface area contributed by atoms with Gasteiger partial charge < -0.3 is 70.9 Å². The highest BCUT2D eigenvalue weighted by atomic mass is 16.5. The van der Waals surface area contributed by atoms with Crippen molar-refractivity contribution in [3.8, 4) is 11.8 Å². The number of aromatic nitrogens is 1. The first-order chi connectivity index (χ1) is 41.1. The van der Waals surface area contributed by atoms with E-state index in [1.165, 1.54) is 17.2 Å². The van der Waals surface area contributed by atoms with E-state index in [9.17, 15) is 58.6 Å². The summed E-state index contributed by atoms with van der Waals surface area (Å²) >= 11 is 0. The lowest BCUT2D eigenvalue weighted by Crippen LogP contribution is -2.51. The number of nitriles is 1. The molecule has 3 unspecified atom stereocenters. The number of carboxylic acids is 2. The van der Waals surface area contributed by atoms with E-state index in [-0.39, 0.29) is 115 Å². The number of amides is 7. The van der Waals surface area contributed by atoms with Crippen LogP contribution in [0.1, 0.15) is 108 Å². The predicted octanol–water partition coefficient (Wildman–Crippen LogP) is 0.646. The molecule has 8 N–H and O–H groups in total. The van der Waals surface area contributed by atoms with E-state index in [4.69, 9.17) is 18.9 Å². The molecule has 0 saturated carbocycles. The maximum atomic E-state index is 13.6. The second kappa shape index (κ2) is 41.0. The largest absolute Gasteiger partial charge is 0.484 e. The average molecular weight is 1200 g/mol. The first-order valence-electron chi connectivity index (χ1n) is 29.8. The van der Waals surface area contributed by atoms with Gasteiger partial charge in [-0.3, -0.25) is 53.1 Å². The van der Waals surface area contributed by atoms with Crippen LogP contribution in [0.2, 0.25) is 0 Å². The van der Waals surface area contributed by atoms with Gasteiger partial charge in [-0.2, -0.15) is 5.26 Å². The van der Waals surface area contributed by atoms with Crippen molar-refractivity contribution >= 4 is 64.2 Å². The molecule has 472 valence electrons. The topological polar surface area (TPSA) is 353 Å². The predicted molar refractivity (Wildman–Crippen MR) is 312 cm³/mol. The van der Waals surface area contributed by atoms with Gasteiger partial charge in [0.05, 0.1) is 76.4 Å². The van der Waals surface area contributed by atoms with Crippen molar-refractivity contribution in [1.82, 2.24) is 56.5 Å². The molecule has 4 rings (SSSR count). The Bertz CT molecular complexity index is 2480. The van der Waals surface area contributed by atoms with Gasteiger partial charge in [0, 0.05) is 95.9 Å². The summed E-state index contributed by atoms with van der Waals surface area (Å²) in [6.45, 7) is 10.7. The average Bonchev–Trinajstić information content (AvgIpc) is 4.17. The van der Waals surface area contributed by atoms with Gasteiger partial charge in [0.15, 0.2) is 6.61 Å². The lowest BCUT2D eigenvalue weighted by molar-refractivity contribution is -0.142. The molecule has 3 atom stereocenters. The molecule has 0 aliphatic carbocycles. The Balaban J connectivity index is 1.11. The molecular weight excluding hydrogens is 1100 g/mol. The third-order valence-electron chi connectivity index (χ3n) is 14.4. The fourth-order valence-corrected chi connectivity index (χ4v) is 9.50. The number of rotatable bonds is 41. The minimum Gasteiger partial charge on any atom is -0.484 e. The molecule has 2 fully saturated rings. The zero-order chi connectivity index (χ0) is 61.6. The van der Waals surface area contributed by atoms with E-state index in [0.717, 1.165) is 45.3 Å². The molecule has 2 aliphatic heterocycles. The number of likely N-dealkylation sites (N-methyl/N-ethyl adjacent to an activating group) is 1. The second-order valence-corrected chi connectivity index (χ2v) is 20.9. The van der Waals surface area contributed by atoms with Crippen LogP contribution in [0, 0.1) is 11.3 Å². The molecule has 2 aliphatic rings. The fraction of sp³-hybridized carbons (Fsp3) is 0.672. The van der Waals surface area contributed by atoms with Gasteiger partial charge in [-0.05, 0) is 82.5 Å². The number of fused-ring (bicyclic) bond motifs is 1. The minimum absolute atomic E-state index is 0.0145. The number of carbonyl (C=O) groups excluding carboxylic acids is 7. The number of carbonyl (C=O) groups is 9. The Labute approximate surface area is 497 Å². The number of aliphatic carboxylic acids is 2. The van der Waals surface area contributed by atoms with Crippen molar-refractivity contribution < 1.29 is 72.3 Å². The normalized spacial score (nSPS) is 15.7. The third kappa shape index (κ3) is 28.6. The Morgan fingerprint density at radius 2 is 1.29 bits per heavy atom. The number of unbranched alkanes of at least 4 members (excludes halogenated alkanes) is 4. The molecule has 7 amide bonds. The van der Waals surface area contributed by atoms with E-state index >= 15 is 0 Å². The highest BCUT2D eigenvalue weighted by Crippen LogP contribution is 2.23. The summed E-state index contributed by atoms with van der Waals surface area (Å²) in [5, 5.41) is 45.6. The monoisotopic (exact) mass is 1190 g/mol. The molecule has 85 heavy (non-hydrogen) atoms. The Morgan fingerprint density at radius 1 is 0.659 bits per heavy atom. The summed E-state index contributed by atoms with van der Waals surface area (Å²) in [6, 6.07) is 5.73. The number of benzene rings is 1. The van der Waals surface area contributed by atoms with Gasteiger partial charge in [0.25, 0.3) is 11.8 Å². The Kier molecular flexibility index (Phi) is 34.0. The summed E-state index contributed by atoms with van der Waals surface area (Å²) in [5.74, 6) is -4.34. The third-order valence-corrected chi connectivity index (χ3v) is 14.4. The quantitative estimate of drug-likeness (QED) is 0.0424. The first kappa shape index (κ1) is 70.4. The Hall–Kier alpha value is -7.09. The van der Waals surface area contributed by atoms with Gasteiger partial charge in [-0.15, -0.1) is 0 Å². The molecule has 1 aromatic heterocycles. The highest BCUT2D eigenvalue weighted by Gasteiger charge is 2.29. The first-order valence-corrected chi connectivity index (χ1v) is 29.8. The summed E-state index contributed by atoms with van der Waals surface area (Å²) in [6.07, 6.45) is 8.01. The zero-order valence-electron chi connectivity index (χ0n) is 49.5. The minimum atomic E-state index is -1.23. The number of likely N-dealkylation sites (tertiary alicyclic amines) is 1. The van der Waals surface area contributed by atoms with Crippen molar-refractivity contribution in [2.75, 3.05) is 138 Å². The lowest BCUT2D eigenvalue weighted by Gasteiger charge is -2.24. The van der Waals surface area contributed by atoms with E-state index in [1.54, 1.807) is 18.2 Å². The molecular formula is C58H90N12O15. The SMILES string of the molecule is CCCCCC(=O)NCCCCC(NC(=O)C(CCCCNC(=O)CN1CCN(CC)CCN(CC(=O)O)CC1)NC(=O)CCOCCOCCOCCNC(=O)COc1ccc2c(C(=O)NCC(=O)N3CCCC3C#N)ccnc2c1)C(=O)O. The molecule has 3 heterocycles. The summed E-state index contributed by atoms with van der Waals surface area (Å²) in [4.78, 5) is 125. The van der Waals surface area contributed by atoms with E-state index in [2.05, 4.69) is 54.8 Å². The molecule has 27 nitrogen and oxygen atoms in total. The van der Waals surface area contributed by atoms with E-state index in [0.29, 0.717) is 107 Å². The second-order valence-electron chi connectivity index (χ2n) is 20.9. The maximum absolute atomic E-state index is 13.6. The molecule has 0 radical (unpaired) electrons. The Morgan fingerprint density at radius 3 is 1.95 bits per heavy atom. The van der Waals surface area contributed by atoms with Gasteiger partial charge in [0.1, 0.15) is 23.9 Å². The van der Waals surface area contributed by atoms with Crippen LogP contribution in [-0.4, -0.2) is 244 Å². The zero-order valence-corrected chi connectivity index (χ0v) is 49.5. The van der Waals surface area contributed by atoms with Crippen molar-refractivity contribution in [3.05, 3.63) is 36.0 Å². The fourth-order valence-electron chi connectivity index (χ4n) is 9.50. The number of pyridine rings is 1. The van der Waals surface area contributed by atoms with Gasteiger partial charge in [-0.1, -0.05) is 26.7 Å². The van der Waals surface area contributed by atoms with Crippen LogP contribution in [-0.2, 0) is 52.6 Å². The number of hydrogen-bond donors (Lipinski definition) is 8. The number of carboxylic acid groups (broad SMARTS) is 2. The number of ether oxygens (including phenoxy) is 4. The van der Waals surface area contributed by atoms with Crippen molar-refractivity contribution in [1.29, 1.82) is 5.26 Å². The molecule has 2 aromatic rings. The van der Waals surface area contributed by atoms with Crippen LogP contribution in [0.4, 0.5) is 0 Å². The number of nitrogens with one attached hydrogen (secondary N) is 6. The van der Waals surface area contributed by atoms with Crippen LogP contribution < -0.4 is 36.6 Å². The summed E-state index contributed by atoms with van der Waals surface area (Å²) in [5.41, 5.74) is 0.756. The van der Waals surface area contributed by atoms with Crippen molar-refractivity contribution in [2.24, 2.45) is 0 Å². The van der Waals surface area contributed by atoms with Crippen molar-refractivity contribution in [2.45, 2.75) is 115 Å². The summed E-state index contributed by atoms with van der Waals surface area (Å²) < 4.78 is 22.3. The van der Waals surface area contributed by atoms with Crippen LogP contribution in [0.15, 0.2) is 30.5 Å². The number of nitrogens with zero attached hydrogens (tertiary/aromatic N) is 6. The smallest absolute Gasteiger partial charge is 0.326 e. The molecule has 27 heteroatoms. The van der Waals surface area contributed by atoms with Gasteiger partial charge >= 0.3 is 11.9 Å².